The van der Waals surface area contributed by atoms with Gasteiger partial charge in [-0.05, 0) is 6.07 Å². The third-order valence-electron chi connectivity index (χ3n) is 3.20. The number of nitrogens with zero attached hydrogens (tertiary/aromatic N) is 2. The summed E-state index contributed by atoms with van der Waals surface area (Å²) in [5.41, 5.74) is 1.37. The highest BCUT2D eigenvalue weighted by Gasteiger charge is 2.19. The molecule has 1 heterocycles. The molecule has 0 aliphatic carbocycles. The number of aliphatic hydroxyl groups is 1. The van der Waals surface area contributed by atoms with Crippen LogP contribution in [-0.4, -0.2) is 54.6 Å². The molecule has 2 rings (SSSR count). The lowest BCUT2D eigenvalue weighted by atomic mass is 10.1. The zero-order valence-electron chi connectivity index (χ0n) is 12.0. The molecule has 0 saturated carbocycles. The fraction of sp³-hybridized carbons (Fsp3) is 0.333. The third kappa shape index (κ3) is 3.29. The maximum absolute atomic E-state index is 11.4. The second kappa shape index (κ2) is 6.51. The first-order valence-corrected chi connectivity index (χ1v) is 6.53. The fourth-order valence-corrected chi connectivity index (χ4v) is 2.35. The summed E-state index contributed by atoms with van der Waals surface area (Å²) < 4.78 is 4.90. The summed E-state index contributed by atoms with van der Waals surface area (Å²) in [6.45, 7) is 0.456. The summed E-state index contributed by atoms with van der Waals surface area (Å²) >= 11 is 0. The van der Waals surface area contributed by atoms with E-state index in [2.05, 4.69) is 4.98 Å². The van der Waals surface area contributed by atoms with Crippen LogP contribution in [0.3, 0.4) is 0 Å². The SMILES string of the molecule is COCC(O)CN(C)c1c(C(=O)O)cnc2ccccc12. The minimum Gasteiger partial charge on any atom is -0.478 e. The van der Waals surface area contributed by atoms with Crippen LogP contribution in [0.25, 0.3) is 10.9 Å². The van der Waals surface area contributed by atoms with E-state index in [1.165, 1.54) is 13.3 Å². The Balaban J connectivity index is 2.48. The van der Waals surface area contributed by atoms with Crippen molar-refractivity contribution in [3.8, 4) is 0 Å². The Kier molecular flexibility index (Phi) is 4.72. The monoisotopic (exact) mass is 290 g/mol. The number of benzene rings is 1. The van der Waals surface area contributed by atoms with Crippen molar-refractivity contribution in [2.24, 2.45) is 0 Å². The summed E-state index contributed by atoms with van der Waals surface area (Å²) in [5.74, 6) is -1.05. The third-order valence-corrected chi connectivity index (χ3v) is 3.20. The number of aromatic nitrogens is 1. The van der Waals surface area contributed by atoms with Crippen molar-refractivity contribution in [2.75, 3.05) is 32.2 Å². The zero-order valence-corrected chi connectivity index (χ0v) is 12.0. The fourth-order valence-electron chi connectivity index (χ4n) is 2.35. The lowest BCUT2D eigenvalue weighted by Gasteiger charge is -2.25. The predicted octanol–water partition coefficient (Wildman–Crippen LogP) is 1.38. The Labute approximate surface area is 122 Å². The molecule has 0 amide bonds. The number of anilines is 1. The molecule has 2 N–H and O–H groups in total. The molecule has 0 saturated heterocycles. The van der Waals surface area contributed by atoms with Gasteiger partial charge in [-0.1, -0.05) is 18.2 Å². The number of carboxylic acid groups (broad SMARTS) is 1. The molecule has 6 nitrogen and oxygen atoms in total. The Morgan fingerprint density at radius 3 is 2.81 bits per heavy atom. The van der Waals surface area contributed by atoms with E-state index < -0.39 is 12.1 Å². The average molecular weight is 290 g/mol. The number of hydrogen-bond acceptors (Lipinski definition) is 5. The number of pyridine rings is 1. The smallest absolute Gasteiger partial charge is 0.339 e. The Hall–Kier alpha value is -2.18. The summed E-state index contributed by atoms with van der Waals surface area (Å²) in [6, 6.07) is 7.32. The van der Waals surface area contributed by atoms with E-state index in [0.717, 1.165) is 5.39 Å². The van der Waals surface area contributed by atoms with Crippen LogP contribution < -0.4 is 4.90 Å². The van der Waals surface area contributed by atoms with Gasteiger partial charge in [0.2, 0.25) is 0 Å². The molecule has 1 aromatic heterocycles. The van der Waals surface area contributed by atoms with Crippen molar-refractivity contribution >= 4 is 22.6 Å². The molecule has 0 aliphatic heterocycles. The number of carbonyl (C=O) groups is 1. The van der Waals surface area contributed by atoms with Crippen molar-refractivity contribution in [2.45, 2.75) is 6.10 Å². The molecule has 2 aromatic rings. The molecular weight excluding hydrogens is 272 g/mol. The normalized spacial score (nSPS) is 12.3. The molecule has 0 spiro atoms. The number of para-hydroxylation sites is 1. The first-order chi connectivity index (χ1) is 10.0. The quantitative estimate of drug-likeness (QED) is 0.836. The van der Waals surface area contributed by atoms with Gasteiger partial charge >= 0.3 is 5.97 Å². The van der Waals surface area contributed by atoms with E-state index in [0.29, 0.717) is 11.2 Å². The van der Waals surface area contributed by atoms with Crippen molar-refractivity contribution in [3.05, 3.63) is 36.0 Å². The van der Waals surface area contributed by atoms with Crippen molar-refractivity contribution in [1.29, 1.82) is 0 Å². The summed E-state index contributed by atoms with van der Waals surface area (Å²) in [5, 5.41) is 20.0. The lowest BCUT2D eigenvalue weighted by molar-refractivity contribution is 0.0681. The molecule has 0 fully saturated rings. The Morgan fingerprint density at radius 1 is 1.43 bits per heavy atom. The van der Waals surface area contributed by atoms with Gasteiger partial charge in [0.25, 0.3) is 0 Å². The van der Waals surface area contributed by atoms with Gasteiger partial charge in [0.15, 0.2) is 0 Å². The number of hydrogen-bond donors (Lipinski definition) is 2. The van der Waals surface area contributed by atoms with Gasteiger partial charge in [-0.25, -0.2) is 4.79 Å². The van der Waals surface area contributed by atoms with Gasteiger partial charge in [-0.3, -0.25) is 4.98 Å². The van der Waals surface area contributed by atoms with Crippen LogP contribution in [0, 0.1) is 0 Å². The molecule has 112 valence electrons. The minimum atomic E-state index is -1.05. The largest absolute Gasteiger partial charge is 0.478 e. The highest BCUT2D eigenvalue weighted by atomic mass is 16.5. The molecular formula is C15H18N2O4. The van der Waals surface area contributed by atoms with E-state index in [9.17, 15) is 15.0 Å². The van der Waals surface area contributed by atoms with Gasteiger partial charge in [0, 0.05) is 32.3 Å². The minimum absolute atomic E-state index is 0.112. The summed E-state index contributed by atoms with van der Waals surface area (Å²) in [7, 11) is 3.25. The van der Waals surface area contributed by atoms with Crippen molar-refractivity contribution in [1.82, 2.24) is 4.98 Å². The van der Waals surface area contributed by atoms with Gasteiger partial charge in [0.1, 0.15) is 5.56 Å². The topological polar surface area (TPSA) is 82.9 Å². The van der Waals surface area contributed by atoms with E-state index in [4.69, 9.17) is 4.74 Å². The zero-order chi connectivity index (χ0) is 15.4. The van der Waals surface area contributed by atoms with Crippen LogP contribution in [0.15, 0.2) is 30.5 Å². The summed E-state index contributed by atoms with van der Waals surface area (Å²) in [6.07, 6.45) is 0.646. The average Bonchev–Trinajstić information content (AvgIpc) is 2.45. The van der Waals surface area contributed by atoms with Crippen LogP contribution in [-0.2, 0) is 4.74 Å². The van der Waals surface area contributed by atoms with Gasteiger partial charge in [0.05, 0.1) is 23.9 Å². The molecule has 0 aliphatic rings. The van der Waals surface area contributed by atoms with Crippen LogP contribution in [0.2, 0.25) is 0 Å². The van der Waals surface area contributed by atoms with Crippen LogP contribution >= 0.6 is 0 Å². The molecule has 1 aromatic carbocycles. The Morgan fingerprint density at radius 2 is 2.14 bits per heavy atom. The number of methoxy groups -OCH3 is 1. The predicted molar refractivity (Wildman–Crippen MR) is 79.9 cm³/mol. The maximum Gasteiger partial charge on any atom is 0.339 e. The van der Waals surface area contributed by atoms with Crippen LogP contribution in [0.1, 0.15) is 10.4 Å². The van der Waals surface area contributed by atoms with Crippen molar-refractivity contribution < 1.29 is 19.7 Å². The molecule has 1 unspecified atom stereocenters. The van der Waals surface area contributed by atoms with Crippen LogP contribution in [0.5, 0.6) is 0 Å². The number of fused-ring (bicyclic) bond motifs is 1. The Bertz CT molecular complexity index is 645. The van der Waals surface area contributed by atoms with Gasteiger partial charge in [-0.15, -0.1) is 0 Å². The number of aromatic carboxylic acids is 1. The first kappa shape index (κ1) is 15.2. The highest BCUT2D eigenvalue weighted by molar-refractivity contribution is 6.04. The second-order valence-corrected chi connectivity index (χ2v) is 4.83. The number of aliphatic hydroxyl groups excluding tert-OH is 1. The molecule has 21 heavy (non-hydrogen) atoms. The van der Waals surface area contributed by atoms with E-state index >= 15 is 0 Å². The highest BCUT2D eigenvalue weighted by Crippen LogP contribution is 2.29. The first-order valence-electron chi connectivity index (χ1n) is 6.53. The van der Waals surface area contributed by atoms with Gasteiger partial charge < -0.3 is 19.8 Å². The van der Waals surface area contributed by atoms with Crippen molar-refractivity contribution in [3.63, 3.8) is 0 Å². The number of carboxylic acids is 1. The number of likely N-dealkylation sites (N-methyl/N-ethyl adjacent to an activating group) is 1. The van der Waals surface area contributed by atoms with E-state index in [1.807, 2.05) is 24.3 Å². The van der Waals surface area contributed by atoms with E-state index in [-0.39, 0.29) is 18.7 Å². The maximum atomic E-state index is 11.4. The molecule has 0 bridgehead atoms. The van der Waals surface area contributed by atoms with Gasteiger partial charge in [-0.2, -0.15) is 0 Å². The number of ether oxygens (including phenoxy) is 1. The number of rotatable bonds is 6. The molecule has 6 heteroatoms. The molecule has 0 radical (unpaired) electrons. The standard InChI is InChI=1S/C15H18N2O4/c1-17(8-10(18)9-21-2)14-11-5-3-4-6-13(11)16-7-12(14)15(19)20/h3-7,10,18H,8-9H2,1-2H3,(H,19,20). The van der Waals surface area contributed by atoms with Crippen LogP contribution in [0.4, 0.5) is 5.69 Å². The molecule has 1 atom stereocenters. The van der Waals surface area contributed by atoms with E-state index in [1.54, 1.807) is 11.9 Å². The second-order valence-electron chi connectivity index (χ2n) is 4.83. The lowest BCUT2D eigenvalue weighted by Crippen LogP contribution is -2.33. The summed E-state index contributed by atoms with van der Waals surface area (Å²) in [4.78, 5) is 17.3.